The summed E-state index contributed by atoms with van der Waals surface area (Å²) < 4.78 is 5.92. The van der Waals surface area contributed by atoms with Gasteiger partial charge in [-0.15, -0.1) is 12.4 Å². The van der Waals surface area contributed by atoms with E-state index >= 15 is 0 Å². The highest BCUT2D eigenvalue weighted by atomic mass is 35.5. The van der Waals surface area contributed by atoms with Crippen LogP contribution in [-0.2, 0) is 11.4 Å². The van der Waals surface area contributed by atoms with E-state index < -0.39 is 0 Å². The zero-order valence-electron chi connectivity index (χ0n) is 17.2. The molecule has 0 aliphatic carbocycles. The molecule has 5 heteroatoms. The number of halogens is 1. The standard InChI is InChI=1S/C24H30N2O2.ClH/c1-16-4-3-5-18(10-16)15-28-22-8-9-23(17(2)11-22)26-24(27)14-19-12-20-6-7-21(13-19)25-20;/h3-5,8-11,19-21,25H,6-7,12-15H2,1-2H3,(H,26,27);1H. The van der Waals surface area contributed by atoms with Crippen molar-refractivity contribution in [2.45, 2.75) is 64.6 Å². The van der Waals surface area contributed by atoms with E-state index in [9.17, 15) is 4.79 Å². The average molecular weight is 415 g/mol. The van der Waals surface area contributed by atoms with E-state index in [4.69, 9.17) is 4.74 Å². The van der Waals surface area contributed by atoms with Gasteiger partial charge in [-0.2, -0.15) is 0 Å². The van der Waals surface area contributed by atoms with Crippen molar-refractivity contribution in [2.24, 2.45) is 5.92 Å². The van der Waals surface area contributed by atoms with Gasteiger partial charge in [-0.05, 0) is 74.8 Å². The molecule has 0 spiro atoms. The molecule has 0 radical (unpaired) electrons. The van der Waals surface area contributed by atoms with Gasteiger partial charge in [-0.3, -0.25) is 4.79 Å². The number of fused-ring (bicyclic) bond motifs is 2. The number of aryl methyl sites for hydroxylation is 2. The van der Waals surface area contributed by atoms with Crippen molar-refractivity contribution in [3.8, 4) is 5.75 Å². The van der Waals surface area contributed by atoms with Crippen LogP contribution in [-0.4, -0.2) is 18.0 Å². The Balaban J connectivity index is 0.00000240. The summed E-state index contributed by atoms with van der Waals surface area (Å²) in [7, 11) is 0. The third kappa shape index (κ3) is 5.74. The van der Waals surface area contributed by atoms with Crippen LogP contribution >= 0.6 is 12.4 Å². The van der Waals surface area contributed by atoms with Crippen LogP contribution in [0.15, 0.2) is 42.5 Å². The molecule has 2 N–H and O–H groups in total. The molecule has 2 aromatic rings. The molecule has 156 valence electrons. The summed E-state index contributed by atoms with van der Waals surface area (Å²) in [5, 5.41) is 6.74. The Morgan fingerprint density at radius 1 is 1.10 bits per heavy atom. The van der Waals surface area contributed by atoms with Crippen molar-refractivity contribution in [3.63, 3.8) is 0 Å². The summed E-state index contributed by atoms with van der Waals surface area (Å²) in [5.41, 5.74) is 4.30. The van der Waals surface area contributed by atoms with Crippen LogP contribution in [0.2, 0.25) is 0 Å². The number of piperidine rings is 1. The normalized spacial score (nSPS) is 22.6. The first kappa shape index (κ1) is 21.7. The van der Waals surface area contributed by atoms with Gasteiger partial charge in [0.25, 0.3) is 0 Å². The largest absolute Gasteiger partial charge is 0.489 e. The fourth-order valence-electron chi connectivity index (χ4n) is 4.64. The fourth-order valence-corrected chi connectivity index (χ4v) is 4.64. The molecule has 2 aromatic carbocycles. The first-order valence-corrected chi connectivity index (χ1v) is 10.4. The number of hydrogen-bond acceptors (Lipinski definition) is 3. The summed E-state index contributed by atoms with van der Waals surface area (Å²) in [6, 6.07) is 15.5. The Morgan fingerprint density at radius 3 is 2.55 bits per heavy atom. The number of anilines is 1. The van der Waals surface area contributed by atoms with Crippen LogP contribution in [0.1, 0.15) is 48.8 Å². The van der Waals surface area contributed by atoms with Crippen LogP contribution < -0.4 is 15.4 Å². The van der Waals surface area contributed by atoms with Crippen molar-refractivity contribution in [2.75, 3.05) is 5.32 Å². The lowest BCUT2D eigenvalue weighted by atomic mass is 9.89. The maximum atomic E-state index is 12.5. The lowest BCUT2D eigenvalue weighted by Gasteiger charge is -2.28. The topological polar surface area (TPSA) is 50.4 Å². The Morgan fingerprint density at radius 2 is 1.86 bits per heavy atom. The average Bonchev–Trinajstić information content (AvgIpc) is 3.00. The van der Waals surface area contributed by atoms with E-state index in [1.54, 1.807) is 0 Å². The third-order valence-corrected chi connectivity index (χ3v) is 6.00. The van der Waals surface area contributed by atoms with Gasteiger partial charge < -0.3 is 15.4 Å². The molecule has 29 heavy (non-hydrogen) atoms. The maximum Gasteiger partial charge on any atom is 0.224 e. The number of hydrogen-bond donors (Lipinski definition) is 2. The first-order valence-electron chi connectivity index (χ1n) is 10.4. The quantitative estimate of drug-likeness (QED) is 0.686. The Bertz CT molecular complexity index is 843. The minimum absolute atomic E-state index is 0. The Kier molecular flexibility index (Phi) is 7.20. The van der Waals surface area contributed by atoms with Crippen molar-refractivity contribution in [1.82, 2.24) is 5.32 Å². The molecule has 2 saturated heterocycles. The van der Waals surface area contributed by atoms with E-state index in [1.165, 1.54) is 18.4 Å². The molecule has 4 rings (SSSR count). The smallest absolute Gasteiger partial charge is 0.224 e. The highest BCUT2D eigenvalue weighted by Gasteiger charge is 2.34. The van der Waals surface area contributed by atoms with Gasteiger partial charge in [0.1, 0.15) is 12.4 Å². The van der Waals surface area contributed by atoms with Gasteiger partial charge >= 0.3 is 0 Å². The summed E-state index contributed by atoms with van der Waals surface area (Å²) in [5.74, 6) is 1.46. The van der Waals surface area contributed by atoms with Gasteiger partial charge in [0.05, 0.1) is 0 Å². The van der Waals surface area contributed by atoms with E-state index in [2.05, 4.69) is 35.8 Å². The van der Waals surface area contributed by atoms with E-state index in [1.807, 2.05) is 31.2 Å². The van der Waals surface area contributed by atoms with Crippen molar-refractivity contribution in [3.05, 3.63) is 59.2 Å². The number of nitrogens with one attached hydrogen (secondary N) is 2. The zero-order chi connectivity index (χ0) is 19.5. The summed E-state index contributed by atoms with van der Waals surface area (Å²) in [6.45, 7) is 4.64. The van der Waals surface area contributed by atoms with Gasteiger partial charge in [-0.1, -0.05) is 29.8 Å². The molecule has 2 unspecified atom stereocenters. The van der Waals surface area contributed by atoms with Gasteiger partial charge in [0.2, 0.25) is 5.91 Å². The van der Waals surface area contributed by atoms with Crippen molar-refractivity contribution >= 4 is 24.0 Å². The van der Waals surface area contributed by atoms with Crippen LogP contribution in [0.5, 0.6) is 5.75 Å². The molecule has 2 atom stereocenters. The molecule has 2 aliphatic heterocycles. The van der Waals surface area contributed by atoms with Crippen LogP contribution in [0.3, 0.4) is 0 Å². The predicted octanol–water partition coefficient (Wildman–Crippen LogP) is 5.16. The lowest BCUT2D eigenvalue weighted by molar-refractivity contribution is -0.117. The van der Waals surface area contributed by atoms with Crippen molar-refractivity contribution < 1.29 is 9.53 Å². The van der Waals surface area contributed by atoms with Crippen LogP contribution in [0, 0.1) is 19.8 Å². The van der Waals surface area contributed by atoms with E-state index in [0.29, 0.717) is 31.0 Å². The van der Waals surface area contributed by atoms with Crippen LogP contribution in [0.4, 0.5) is 5.69 Å². The maximum absolute atomic E-state index is 12.5. The highest BCUT2D eigenvalue weighted by Crippen LogP contribution is 2.33. The minimum atomic E-state index is 0. The number of ether oxygens (including phenoxy) is 1. The molecule has 0 aromatic heterocycles. The monoisotopic (exact) mass is 414 g/mol. The summed E-state index contributed by atoms with van der Waals surface area (Å²) >= 11 is 0. The minimum Gasteiger partial charge on any atom is -0.489 e. The summed E-state index contributed by atoms with van der Waals surface area (Å²) in [4.78, 5) is 12.5. The number of benzene rings is 2. The van der Waals surface area contributed by atoms with Gasteiger partial charge in [0.15, 0.2) is 0 Å². The second-order valence-electron chi connectivity index (χ2n) is 8.48. The van der Waals surface area contributed by atoms with E-state index in [-0.39, 0.29) is 18.3 Å². The molecule has 2 fully saturated rings. The molecule has 0 saturated carbocycles. The number of amides is 1. The molecule has 4 nitrogen and oxygen atoms in total. The molecule has 2 aliphatic rings. The number of carbonyl (C=O) groups excluding carboxylic acids is 1. The molecular weight excluding hydrogens is 384 g/mol. The van der Waals surface area contributed by atoms with E-state index in [0.717, 1.165) is 35.4 Å². The second kappa shape index (κ2) is 9.64. The number of carbonyl (C=O) groups is 1. The molecular formula is C24H31ClN2O2. The Labute approximate surface area is 179 Å². The van der Waals surface area contributed by atoms with Crippen molar-refractivity contribution in [1.29, 1.82) is 0 Å². The molecule has 1 amide bonds. The SMILES string of the molecule is Cc1cccc(COc2ccc(NC(=O)CC3CC4CCC(C3)N4)c(C)c2)c1.Cl. The Hall–Kier alpha value is -2.04. The highest BCUT2D eigenvalue weighted by molar-refractivity contribution is 5.91. The third-order valence-electron chi connectivity index (χ3n) is 6.00. The van der Waals surface area contributed by atoms with Gasteiger partial charge in [0, 0.05) is 24.2 Å². The summed E-state index contributed by atoms with van der Waals surface area (Å²) in [6.07, 6.45) is 5.43. The number of rotatable bonds is 6. The first-order chi connectivity index (χ1) is 13.5. The van der Waals surface area contributed by atoms with Gasteiger partial charge in [-0.25, -0.2) is 0 Å². The second-order valence-corrected chi connectivity index (χ2v) is 8.48. The predicted molar refractivity (Wildman–Crippen MR) is 120 cm³/mol. The lowest BCUT2D eigenvalue weighted by Crippen LogP contribution is -2.39. The van der Waals surface area contributed by atoms with Crippen LogP contribution in [0.25, 0.3) is 0 Å². The zero-order valence-corrected chi connectivity index (χ0v) is 18.1. The molecule has 2 heterocycles. The fraction of sp³-hybridized carbons (Fsp3) is 0.458. The molecule has 2 bridgehead atoms.